The van der Waals surface area contributed by atoms with Gasteiger partial charge in [-0.05, 0) is 48.6 Å². The Hall–Kier alpha value is -2.33. The van der Waals surface area contributed by atoms with Crippen molar-refractivity contribution in [2.24, 2.45) is 5.92 Å². The van der Waals surface area contributed by atoms with Gasteiger partial charge in [0.1, 0.15) is 0 Å². The highest BCUT2D eigenvalue weighted by Gasteiger charge is 2.29. The van der Waals surface area contributed by atoms with Gasteiger partial charge in [-0.3, -0.25) is 4.79 Å². The molecular formula is C20H20ClNO3. The van der Waals surface area contributed by atoms with E-state index >= 15 is 0 Å². The Morgan fingerprint density at radius 1 is 1.12 bits per heavy atom. The van der Waals surface area contributed by atoms with E-state index in [1.165, 1.54) is 12.7 Å². The second-order valence-electron chi connectivity index (χ2n) is 6.27. The van der Waals surface area contributed by atoms with E-state index in [-0.39, 0.29) is 5.91 Å². The number of carbonyl (C=O) groups is 2. The zero-order chi connectivity index (χ0) is 17.8. The number of benzene rings is 2. The largest absolute Gasteiger partial charge is 0.465 e. The number of esters is 1. The first-order valence-corrected chi connectivity index (χ1v) is 8.67. The third kappa shape index (κ3) is 4.02. The highest BCUT2D eigenvalue weighted by molar-refractivity contribution is 6.30. The van der Waals surface area contributed by atoms with Crippen molar-refractivity contribution in [2.45, 2.75) is 12.8 Å². The molecule has 4 nitrogen and oxygen atoms in total. The first kappa shape index (κ1) is 17.5. The molecule has 25 heavy (non-hydrogen) atoms. The van der Waals surface area contributed by atoms with Gasteiger partial charge in [0.2, 0.25) is 0 Å². The summed E-state index contributed by atoms with van der Waals surface area (Å²) >= 11 is 5.92. The Balaban J connectivity index is 1.69. The van der Waals surface area contributed by atoms with E-state index in [1.807, 2.05) is 29.2 Å². The van der Waals surface area contributed by atoms with Gasteiger partial charge in [0, 0.05) is 18.1 Å². The van der Waals surface area contributed by atoms with Crippen LogP contribution in [0.1, 0.15) is 32.7 Å². The van der Waals surface area contributed by atoms with E-state index in [0.29, 0.717) is 30.1 Å². The number of likely N-dealkylation sites (tertiary alicyclic amines) is 1. The highest BCUT2D eigenvalue weighted by Crippen LogP contribution is 2.24. The van der Waals surface area contributed by atoms with E-state index in [4.69, 9.17) is 16.3 Å². The monoisotopic (exact) mass is 357 g/mol. The number of carbonyl (C=O) groups excluding carboxylic acids is 2. The number of ether oxygens (including phenoxy) is 1. The molecule has 3 rings (SSSR count). The van der Waals surface area contributed by atoms with Crippen LogP contribution in [0.25, 0.3) is 0 Å². The SMILES string of the molecule is COC(=O)c1ccccc1C(=O)N1CCC(Cc2ccc(Cl)cc2)C1. The average Bonchev–Trinajstić information content (AvgIpc) is 3.11. The van der Waals surface area contributed by atoms with Gasteiger partial charge in [-0.1, -0.05) is 35.9 Å². The van der Waals surface area contributed by atoms with Crippen molar-refractivity contribution in [3.63, 3.8) is 0 Å². The van der Waals surface area contributed by atoms with Gasteiger partial charge in [0.15, 0.2) is 0 Å². The molecule has 1 unspecified atom stereocenters. The third-order valence-corrected chi connectivity index (χ3v) is 4.83. The lowest BCUT2D eigenvalue weighted by Crippen LogP contribution is -2.30. The van der Waals surface area contributed by atoms with Crippen LogP contribution in [-0.4, -0.2) is 37.0 Å². The normalized spacial score (nSPS) is 16.7. The Bertz CT molecular complexity index is 773. The summed E-state index contributed by atoms with van der Waals surface area (Å²) in [6, 6.07) is 14.6. The van der Waals surface area contributed by atoms with Crippen LogP contribution in [0.15, 0.2) is 48.5 Å². The van der Waals surface area contributed by atoms with Gasteiger partial charge >= 0.3 is 5.97 Å². The number of amides is 1. The van der Waals surface area contributed by atoms with E-state index in [1.54, 1.807) is 24.3 Å². The Morgan fingerprint density at radius 2 is 1.80 bits per heavy atom. The number of halogens is 1. The lowest BCUT2D eigenvalue weighted by molar-refractivity contribution is 0.0592. The Labute approximate surface area is 152 Å². The quantitative estimate of drug-likeness (QED) is 0.781. The maximum Gasteiger partial charge on any atom is 0.338 e. The van der Waals surface area contributed by atoms with Crippen LogP contribution in [0.4, 0.5) is 0 Å². The number of hydrogen-bond acceptors (Lipinski definition) is 3. The Kier molecular flexibility index (Phi) is 5.39. The lowest BCUT2D eigenvalue weighted by atomic mass is 9.99. The highest BCUT2D eigenvalue weighted by atomic mass is 35.5. The van der Waals surface area contributed by atoms with Crippen LogP contribution < -0.4 is 0 Å². The van der Waals surface area contributed by atoms with E-state index in [9.17, 15) is 9.59 Å². The predicted molar refractivity (Wildman–Crippen MR) is 96.9 cm³/mol. The molecule has 0 radical (unpaired) electrons. The molecule has 0 aromatic heterocycles. The van der Waals surface area contributed by atoms with Gasteiger partial charge in [-0.15, -0.1) is 0 Å². The summed E-state index contributed by atoms with van der Waals surface area (Å²) in [5.41, 5.74) is 1.94. The van der Waals surface area contributed by atoms with E-state index in [0.717, 1.165) is 17.9 Å². The minimum absolute atomic E-state index is 0.111. The first-order valence-electron chi connectivity index (χ1n) is 8.29. The molecule has 0 spiro atoms. The average molecular weight is 358 g/mol. The molecule has 1 aliphatic heterocycles. The number of nitrogens with zero attached hydrogens (tertiary/aromatic N) is 1. The van der Waals surface area contributed by atoms with Gasteiger partial charge in [0.05, 0.1) is 18.2 Å². The smallest absolute Gasteiger partial charge is 0.338 e. The maximum atomic E-state index is 12.8. The van der Waals surface area contributed by atoms with Crippen LogP contribution in [0.5, 0.6) is 0 Å². The molecule has 1 heterocycles. The van der Waals surface area contributed by atoms with Crippen molar-refractivity contribution in [2.75, 3.05) is 20.2 Å². The standard InChI is InChI=1S/C20H20ClNO3/c1-25-20(24)18-5-3-2-4-17(18)19(23)22-11-10-15(13-22)12-14-6-8-16(21)9-7-14/h2-9,15H,10-13H2,1H3. The third-order valence-electron chi connectivity index (χ3n) is 4.57. The van der Waals surface area contributed by atoms with Gasteiger partial charge in [-0.2, -0.15) is 0 Å². The molecule has 130 valence electrons. The number of rotatable bonds is 4. The van der Waals surface area contributed by atoms with Crippen LogP contribution in [-0.2, 0) is 11.2 Å². The molecule has 2 aromatic carbocycles. The number of methoxy groups -OCH3 is 1. The molecule has 0 aliphatic carbocycles. The summed E-state index contributed by atoms with van der Waals surface area (Å²) in [7, 11) is 1.32. The van der Waals surface area contributed by atoms with Crippen molar-refractivity contribution in [3.05, 3.63) is 70.2 Å². The maximum absolute atomic E-state index is 12.8. The molecule has 1 amide bonds. The van der Waals surface area contributed by atoms with E-state index < -0.39 is 5.97 Å². The van der Waals surface area contributed by atoms with Crippen LogP contribution >= 0.6 is 11.6 Å². The molecule has 2 aromatic rings. The predicted octanol–water partition coefficient (Wildman–Crippen LogP) is 3.83. The first-order chi connectivity index (χ1) is 12.1. The van der Waals surface area contributed by atoms with Crippen molar-refractivity contribution in [1.29, 1.82) is 0 Å². The summed E-state index contributed by atoms with van der Waals surface area (Å²) in [6.45, 7) is 1.39. The molecular weight excluding hydrogens is 338 g/mol. The fraction of sp³-hybridized carbons (Fsp3) is 0.300. The summed E-state index contributed by atoms with van der Waals surface area (Å²) in [5.74, 6) is -0.184. The van der Waals surface area contributed by atoms with Crippen molar-refractivity contribution in [3.8, 4) is 0 Å². The summed E-state index contributed by atoms with van der Waals surface area (Å²) < 4.78 is 4.78. The van der Waals surface area contributed by atoms with Crippen molar-refractivity contribution >= 4 is 23.5 Å². The van der Waals surface area contributed by atoms with Crippen LogP contribution in [0, 0.1) is 5.92 Å². The molecule has 1 fully saturated rings. The molecule has 0 saturated carbocycles. The molecule has 0 N–H and O–H groups in total. The summed E-state index contributed by atoms with van der Waals surface area (Å²) in [6.07, 6.45) is 1.87. The number of hydrogen-bond donors (Lipinski definition) is 0. The molecule has 1 atom stereocenters. The van der Waals surface area contributed by atoms with Crippen molar-refractivity contribution < 1.29 is 14.3 Å². The minimum atomic E-state index is -0.485. The zero-order valence-corrected chi connectivity index (χ0v) is 14.8. The molecule has 1 saturated heterocycles. The summed E-state index contributed by atoms with van der Waals surface area (Å²) in [4.78, 5) is 26.5. The zero-order valence-electron chi connectivity index (χ0n) is 14.1. The topological polar surface area (TPSA) is 46.6 Å². The lowest BCUT2D eigenvalue weighted by Gasteiger charge is -2.18. The fourth-order valence-corrected chi connectivity index (χ4v) is 3.39. The second kappa shape index (κ2) is 7.70. The Morgan fingerprint density at radius 3 is 2.48 bits per heavy atom. The second-order valence-corrected chi connectivity index (χ2v) is 6.71. The van der Waals surface area contributed by atoms with Gasteiger partial charge in [-0.25, -0.2) is 4.79 Å². The fourth-order valence-electron chi connectivity index (χ4n) is 3.27. The van der Waals surface area contributed by atoms with Gasteiger partial charge < -0.3 is 9.64 Å². The molecule has 0 bridgehead atoms. The summed E-state index contributed by atoms with van der Waals surface area (Å²) in [5, 5.41) is 0.728. The van der Waals surface area contributed by atoms with Gasteiger partial charge in [0.25, 0.3) is 5.91 Å². The van der Waals surface area contributed by atoms with Crippen LogP contribution in [0.3, 0.4) is 0 Å². The molecule has 5 heteroatoms. The van der Waals surface area contributed by atoms with Crippen molar-refractivity contribution in [1.82, 2.24) is 4.90 Å². The minimum Gasteiger partial charge on any atom is -0.465 e. The van der Waals surface area contributed by atoms with Crippen LogP contribution in [0.2, 0.25) is 5.02 Å². The molecule has 1 aliphatic rings. The van der Waals surface area contributed by atoms with E-state index in [2.05, 4.69) is 0 Å².